The van der Waals surface area contributed by atoms with Gasteiger partial charge in [0.2, 0.25) is 0 Å². The Morgan fingerprint density at radius 2 is 0.889 bits per heavy atom. The molecule has 3 heteroatoms. The molecule has 0 unspecified atom stereocenters. The van der Waals surface area contributed by atoms with Gasteiger partial charge in [0, 0.05) is 26.1 Å². The van der Waals surface area contributed by atoms with Crippen LogP contribution in [0.2, 0.25) is 0 Å². The molecule has 0 heterocycles. The monoisotopic (exact) mass is 614 g/mol. The van der Waals surface area contributed by atoms with E-state index in [1.54, 1.807) is 6.07 Å². The predicted octanol–water partition coefficient (Wildman–Crippen LogP) is 11.2. The van der Waals surface area contributed by atoms with Crippen LogP contribution in [0.15, 0.2) is 78.9 Å². The molecule has 0 aromatic heterocycles. The highest BCUT2D eigenvalue weighted by atomic mass is 16.5. The molecule has 0 saturated heterocycles. The van der Waals surface area contributed by atoms with Crippen molar-refractivity contribution in [1.82, 2.24) is 0 Å². The molecule has 3 rings (SSSR count). The number of ether oxygens (including phenoxy) is 2. The molecule has 0 amide bonds. The summed E-state index contributed by atoms with van der Waals surface area (Å²) in [6.45, 7) is 10.2. The molecule has 3 aromatic rings. The van der Waals surface area contributed by atoms with Crippen molar-refractivity contribution in [2.24, 2.45) is 0 Å². The zero-order valence-corrected chi connectivity index (χ0v) is 29.0. The summed E-state index contributed by atoms with van der Waals surface area (Å²) in [4.78, 5) is 0. The van der Waals surface area contributed by atoms with Crippen molar-refractivity contribution in [3.05, 3.63) is 101 Å². The van der Waals surface area contributed by atoms with Crippen molar-refractivity contribution in [3.63, 3.8) is 0 Å². The molecule has 0 aliphatic rings. The molecule has 0 aliphatic carbocycles. The van der Waals surface area contributed by atoms with E-state index in [4.69, 9.17) is 9.47 Å². The number of unbranched alkanes of at least 4 members (excludes halogenated alkanes) is 10. The molecule has 3 aromatic carbocycles. The number of hydrogen-bond acceptors (Lipinski definition) is 3. The summed E-state index contributed by atoms with van der Waals surface area (Å²) in [6.07, 6.45) is 18.8. The van der Waals surface area contributed by atoms with Crippen molar-refractivity contribution < 1.29 is 14.6 Å². The zero-order valence-electron chi connectivity index (χ0n) is 29.0. The second-order valence-corrected chi connectivity index (χ2v) is 14.2. The molecule has 0 bridgehead atoms. The molecular weight excluding hydrogens is 552 g/mol. The average Bonchev–Trinajstić information content (AvgIpc) is 3.02. The molecule has 0 atom stereocenters. The van der Waals surface area contributed by atoms with Crippen LogP contribution in [0.25, 0.3) is 0 Å². The van der Waals surface area contributed by atoms with Crippen molar-refractivity contribution in [2.45, 2.75) is 142 Å². The minimum Gasteiger partial charge on any atom is -0.508 e. The third-order valence-electron chi connectivity index (χ3n) is 8.86. The SMILES string of the molecule is CC(C)(Cc1cccc(O)c1CC(C)(C)OCCCCCCCCc1ccccc1)OCCCCCCCCc1ccccc1. The fourth-order valence-corrected chi connectivity index (χ4v) is 6.24. The lowest BCUT2D eigenvalue weighted by molar-refractivity contribution is -0.0231. The van der Waals surface area contributed by atoms with Crippen molar-refractivity contribution in [3.8, 4) is 5.75 Å². The Morgan fingerprint density at radius 1 is 0.467 bits per heavy atom. The maximum Gasteiger partial charge on any atom is 0.119 e. The number of aromatic hydroxyl groups is 1. The summed E-state index contributed by atoms with van der Waals surface area (Å²) in [5.41, 5.74) is 4.42. The summed E-state index contributed by atoms with van der Waals surface area (Å²) in [5, 5.41) is 10.8. The summed E-state index contributed by atoms with van der Waals surface area (Å²) in [6, 6.07) is 27.5. The summed E-state index contributed by atoms with van der Waals surface area (Å²) in [5.74, 6) is 0.364. The molecule has 1 N–H and O–H groups in total. The van der Waals surface area contributed by atoms with E-state index in [1.165, 1.54) is 88.2 Å². The number of hydrogen-bond donors (Lipinski definition) is 1. The normalized spacial score (nSPS) is 12.1. The van der Waals surface area contributed by atoms with Gasteiger partial charge < -0.3 is 14.6 Å². The van der Waals surface area contributed by atoms with Crippen LogP contribution in [0, 0.1) is 0 Å². The number of rotatable bonds is 24. The quantitative estimate of drug-likeness (QED) is 0.102. The van der Waals surface area contributed by atoms with Gasteiger partial charge in [0.1, 0.15) is 5.75 Å². The summed E-state index contributed by atoms with van der Waals surface area (Å²) >= 11 is 0. The van der Waals surface area contributed by atoms with Crippen LogP contribution in [0.1, 0.15) is 127 Å². The number of phenolic OH excluding ortho intramolecular Hbond substituents is 1. The second kappa shape index (κ2) is 20.5. The van der Waals surface area contributed by atoms with Crippen LogP contribution in [0.3, 0.4) is 0 Å². The zero-order chi connectivity index (χ0) is 32.2. The van der Waals surface area contributed by atoms with Crippen LogP contribution in [0.4, 0.5) is 0 Å². The van der Waals surface area contributed by atoms with Crippen LogP contribution < -0.4 is 0 Å². The molecule has 45 heavy (non-hydrogen) atoms. The van der Waals surface area contributed by atoms with Crippen molar-refractivity contribution in [1.29, 1.82) is 0 Å². The Labute approximate surface area is 275 Å². The third kappa shape index (κ3) is 16.0. The molecule has 0 fully saturated rings. The predicted molar refractivity (Wildman–Crippen MR) is 191 cm³/mol. The third-order valence-corrected chi connectivity index (χ3v) is 8.86. The molecule has 0 radical (unpaired) electrons. The average molecular weight is 615 g/mol. The largest absolute Gasteiger partial charge is 0.508 e. The van der Waals surface area contributed by atoms with E-state index >= 15 is 0 Å². The second-order valence-electron chi connectivity index (χ2n) is 14.2. The van der Waals surface area contributed by atoms with Gasteiger partial charge in [-0.05, 0) is 94.5 Å². The molecule has 0 aliphatic heterocycles. The fraction of sp³-hybridized carbons (Fsp3) is 0.571. The molecular formula is C42H62O3. The maximum atomic E-state index is 10.8. The van der Waals surface area contributed by atoms with Gasteiger partial charge in [-0.1, -0.05) is 124 Å². The summed E-state index contributed by atoms with van der Waals surface area (Å²) in [7, 11) is 0. The summed E-state index contributed by atoms with van der Waals surface area (Å²) < 4.78 is 12.7. The lowest BCUT2D eigenvalue weighted by Gasteiger charge is -2.30. The standard InChI is InChI=1S/C42H62O3/c1-41(2,44-32-21-11-7-5-9-15-24-36-26-17-13-18-27-36)34-38-30-23-31-40(43)39(38)35-42(3,4)45-33-22-12-8-6-10-16-25-37-28-19-14-20-29-37/h13-14,17-20,23,26-31,43H,5-12,15-16,21-22,24-25,32-35H2,1-4H3. The molecule has 0 saturated carbocycles. The van der Waals surface area contributed by atoms with E-state index in [-0.39, 0.29) is 11.2 Å². The van der Waals surface area contributed by atoms with Crippen molar-refractivity contribution >= 4 is 0 Å². The highest BCUT2D eigenvalue weighted by Crippen LogP contribution is 2.31. The van der Waals surface area contributed by atoms with Crippen LogP contribution in [-0.2, 0) is 35.2 Å². The van der Waals surface area contributed by atoms with Gasteiger partial charge in [0.25, 0.3) is 0 Å². The van der Waals surface area contributed by atoms with E-state index in [9.17, 15) is 5.11 Å². The van der Waals surface area contributed by atoms with Gasteiger partial charge in [-0.3, -0.25) is 0 Å². The van der Waals surface area contributed by atoms with E-state index in [0.29, 0.717) is 12.2 Å². The topological polar surface area (TPSA) is 38.7 Å². The Balaban J connectivity index is 1.29. The first-order valence-corrected chi connectivity index (χ1v) is 17.9. The molecule has 248 valence electrons. The van der Waals surface area contributed by atoms with Gasteiger partial charge in [0.15, 0.2) is 0 Å². The van der Waals surface area contributed by atoms with Crippen LogP contribution in [0.5, 0.6) is 5.75 Å². The highest BCUT2D eigenvalue weighted by Gasteiger charge is 2.26. The Hall–Kier alpha value is -2.62. The Kier molecular flexibility index (Phi) is 16.8. The van der Waals surface area contributed by atoms with E-state index in [1.807, 2.05) is 6.07 Å². The first-order chi connectivity index (χ1) is 21.7. The first kappa shape index (κ1) is 36.8. The fourth-order valence-electron chi connectivity index (χ4n) is 6.24. The van der Waals surface area contributed by atoms with Crippen LogP contribution >= 0.6 is 0 Å². The Morgan fingerprint density at radius 3 is 1.38 bits per heavy atom. The minimum atomic E-state index is -0.338. The smallest absolute Gasteiger partial charge is 0.119 e. The Bertz CT molecular complexity index is 1170. The van der Waals surface area contributed by atoms with E-state index < -0.39 is 0 Å². The van der Waals surface area contributed by atoms with Gasteiger partial charge >= 0.3 is 0 Å². The van der Waals surface area contributed by atoms with Gasteiger partial charge in [-0.25, -0.2) is 0 Å². The van der Waals surface area contributed by atoms with Gasteiger partial charge in [-0.15, -0.1) is 0 Å². The van der Waals surface area contributed by atoms with E-state index in [2.05, 4.69) is 94.4 Å². The number of phenols is 1. The van der Waals surface area contributed by atoms with Gasteiger partial charge in [-0.2, -0.15) is 0 Å². The molecule has 0 spiro atoms. The van der Waals surface area contributed by atoms with E-state index in [0.717, 1.165) is 43.6 Å². The minimum absolute atomic E-state index is 0.287. The lowest BCUT2D eigenvalue weighted by atomic mass is 9.88. The van der Waals surface area contributed by atoms with Crippen molar-refractivity contribution in [2.75, 3.05) is 13.2 Å². The highest BCUT2D eigenvalue weighted by molar-refractivity contribution is 5.41. The first-order valence-electron chi connectivity index (χ1n) is 17.9. The maximum absolute atomic E-state index is 10.8. The lowest BCUT2D eigenvalue weighted by Crippen LogP contribution is -2.31. The molecule has 3 nitrogen and oxygen atoms in total. The van der Waals surface area contributed by atoms with Crippen LogP contribution in [-0.4, -0.2) is 29.5 Å². The van der Waals surface area contributed by atoms with Gasteiger partial charge in [0.05, 0.1) is 11.2 Å². The number of aryl methyl sites for hydroxylation is 2. The number of benzene rings is 3.